The number of furan rings is 1. The molecule has 0 spiro atoms. The van der Waals surface area contributed by atoms with Crippen LogP contribution in [-0.4, -0.2) is 64.2 Å². The molecule has 4 heterocycles. The van der Waals surface area contributed by atoms with Crippen molar-refractivity contribution >= 4 is 28.8 Å². The summed E-state index contributed by atoms with van der Waals surface area (Å²) < 4.78 is 11.5. The molecule has 1 saturated heterocycles. The summed E-state index contributed by atoms with van der Waals surface area (Å²) >= 11 is 0. The zero-order valence-corrected chi connectivity index (χ0v) is 20.9. The average Bonchev–Trinajstić information content (AvgIpc) is 3.38. The van der Waals surface area contributed by atoms with Gasteiger partial charge in [-0.05, 0) is 42.0 Å². The summed E-state index contributed by atoms with van der Waals surface area (Å²) in [7, 11) is 1.56. The fourth-order valence-electron chi connectivity index (χ4n) is 4.22. The Labute approximate surface area is 219 Å². The third-order valence-corrected chi connectivity index (χ3v) is 6.25. The Morgan fingerprint density at radius 2 is 2.00 bits per heavy atom. The first-order valence-electron chi connectivity index (χ1n) is 12.2. The molecule has 38 heavy (non-hydrogen) atoms. The number of methoxy groups -OCH3 is 1. The number of nitrogens with one attached hydrogen (secondary N) is 2. The van der Waals surface area contributed by atoms with Crippen molar-refractivity contribution in [3.8, 4) is 17.1 Å². The van der Waals surface area contributed by atoms with E-state index in [1.54, 1.807) is 50.0 Å². The van der Waals surface area contributed by atoms with Gasteiger partial charge >= 0.3 is 0 Å². The molecular weight excluding hydrogens is 486 g/mol. The van der Waals surface area contributed by atoms with Crippen LogP contribution in [0, 0.1) is 0 Å². The van der Waals surface area contributed by atoms with E-state index in [4.69, 9.17) is 14.9 Å². The van der Waals surface area contributed by atoms with Crippen molar-refractivity contribution in [1.82, 2.24) is 30.5 Å². The number of aromatic nitrogens is 3. The van der Waals surface area contributed by atoms with Gasteiger partial charge in [0, 0.05) is 67.4 Å². The lowest BCUT2D eigenvalue weighted by molar-refractivity contribution is -0.116. The summed E-state index contributed by atoms with van der Waals surface area (Å²) in [6.45, 7) is 3.40. The van der Waals surface area contributed by atoms with Gasteiger partial charge in [-0.2, -0.15) is 0 Å². The average molecular weight is 516 g/mol. The third kappa shape index (κ3) is 5.80. The van der Waals surface area contributed by atoms with E-state index in [2.05, 4.69) is 25.6 Å². The Balaban J connectivity index is 1.28. The quantitative estimate of drug-likeness (QED) is 0.257. The van der Waals surface area contributed by atoms with Gasteiger partial charge in [0.1, 0.15) is 17.8 Å². The lowest BCUT2D eigenvalue weighted by atomic mass is 10.1. The largest absolute Gasteiger partial charge is 0.493 e. The van der Waals surface area contributed by atoms with Crippen molar-refractivity contribution in [2.24, 2.45) is 0 Å². The highest BCUT2D eigenvalue weighted by atomic mass is 16.5. The van der Waals surface area contributed by atoms with Crippen LogP contribution >= 0.6 is 0 Å². The summed E-state index contributed by atoms with van der Waals surface area (Å²) in [6.07, 6.45) is 7.23. The van der Waals surface area contributed by atoms with Gasteiger partial charge in [-0.1, -0.05) is 0 Å². The van der Waals surface area contributed by atoms with E-state index >= 15 is 0 Å². The third-order valence-electron chi connectivity index (χ3n) is 6.25. The lowest BCUT2D eigenvalue weighted by Gasteiger charge is -2.31. The van der Waals surface area contributed by atoms with E-state index in [0.717, 1.165) is 42.7 Å². The molecule has 0 saturated carbocycles. The molecule has 11 nitrogen and oxygen atoms in total. The number of hydrogen-bond acceptors (Lipinski definition) is 10. The molecule has 1 amide bonds. The lowest BCUT2D eigenvalue weighted by Crippen LogP contribution is -2.45. The summed E-state index contributed by atoms with van der Waals surface area (Å²) in [6, 6.07) is 9.00. The smallest absolute Gasteiger partial charge is 0.244 e. The van der Waals surface area contributed by atoms with Crippen LogP contribution < -0.4 is 21.1 Å². The second kappa shape index (κ2) is 11.4. The standard InChI is InChI=1S/C27H29N7O4/c1-37-22-12-19(26-32-14-20(15-33-26)27(36)34-8-6-29-7-9-34)10-18-11-21(38-25(18)22)16-31-24(35)5-3-17-2-4-23(28)30-13-17/h2-5,10-15,27,29,36H,6-9,16H2,1H3,(H2,28,30)(H,31,35)/b5-3+. The number of piperazine rings is 1. The van der Waals surface area contributed by atoms with Gasteiger partial charge in [-0.25, -0.2) is 15.0 Å². The Kier molecular flexibility index (Phi) is 7.59. The van der Waals surface area contributed by atoms with Crippen molar-refractivity contribution in [2.45, 2.75) is 12.8 Å². The Hall–Kier alpha value is -4.32. The molecular formula is C27H29N7O4. The van der Waals surface area contributed by atoms with Crippen LogP contribution in [0.3, 0.4) is 0 Å². The number of aliphatic hydroxyl groups is 1. The molecule has 1 aliphatic heterocycles. The van der Waals surface area contributed by atoms with E-state index in [1.807, 2.05) is 17.0 Å². The van der Waals surface area contributed by atoms with Gasteiger partial charge in [0.25, 0.3) is 0 Å². The number of fused-ring (bicyclic) bond motifs is 1. The molecule has 3 aromatic heterocycles. The van der Waals surface area contributed by atoms with E-state index in [-0.39, 0.29) is 12.5 Å². The number of rotatable bonds is 8. The number of amides is 1. The molecule has 1 fully saturated rings. The molecule has 5 N–H and O–H groups in total. The fourth-order valence-corrected chi connectivity index (χ4v) is 4.22. The highest BCUT2D eigenvalue weighted by Gasteiger charge is 2.21. The van der Waals surface area contributed by atoms with Crippen LogP contribution in [0.15, 0.2) is 59.4 Å². The van der Waals surface area contributed by atoms with Crippen LogP contribution in [-0.2, 0) is 11.3 Å². The van der Waals surface area contributed by atoms with E-state index < -0.39 is 6.23 Å². The molecule has 196 valence electrons. The molecule has 4 aromatic rings. The van der Waals surface area contributed by atoms with Gasteiger partial charge in [-0.3, -0.25) is 9.69 Å². The van der Waals surface area contributed by atoms with Crippen LogP contribution in [0.5, 0.6) is 5.75 Å². The maximum absolute atomic E-state index is 12.3. The summed E-state index contributed by atoms with van der Waals surface area (Å²) in [4.78, 5) is 27.2. The van der Waals surface area contributed by atoms with E-state index in [1.165, 1.54) is 6.08 Å². The van der Waals surface area contributed by atoms with Gasteiger partial charge < -0.3 is 30.6 Å². The first-order valence-corrected chi connectivity index (χ1v) is 12.2. The maximum atomic E-state index is 12.3. The predicted molar refractivity (Wildman–Crippen MR) is 143 cm³/mol. The van der Waals surface area contributed by atoms with Crippen LogP contribution in [0.2, 0.25) is 0 Å². The van der Waals surface area contributed by atoms with Crippen LogP contribution in [0.1, 0.15) is 23.1 Å². The topological polar surface area (TPSA) is 152 Å². The number of carbonyl (C=O) groups excluding carboxylic acids is 1. The number of pyridine rings is 1. The molecule has 1 unspecified atom stereocenters. The minimum Gasteiger partial charge on any atom is -0.493 e. The Bertz CT molecular complexity index is 1430. The highest BCUT2D eigenvalue weighted by molar-refractivity contribution is 5.92. The number of anilines is 1. The van der Waals surface area contributed by atoms with E-state index in [0.29, 0.717) is 34.3 Å². The normalized spacial score (nSPS) is 15.1. The van der Waals surface area contributed by atoms with Gasteiger partial charge in [0.05, 0.1) is 13.7 Å². The summed E-state index contributed by atoms with van der Waals surface area (Å²) in [5, 5.41) is 17.5. The van der Waals surface area contributed by atoms with Crippen molar-refractivity contribution in [3.63, 3.8) is 0 Å². The zero-order valence-electron chi connectivity index (χ0n) is 20.9. The van der Waals surface area contributed by atoms with Crippen molar-refractivity contribution < 1.29 is 19.1 Å². The second-order valence-electron chi connectivity index (χ2n) is 8.88. The molecule has 11 heteroatoms. The monoisotopic (exact) mass is 515 g/mol. The Morgan fingerprint density at radius 1 is 1.21 bits per heavy atom. The van der Waals surface area contributed by atoms with E-state index in [9.17, 15) is 9.90 Å². The fraction of sp³-hybridized carbons (Fsp3) is 0.259. The minimum atomic E-state index is -0.743. The van der Waals surface area contributed by atoms with Crippen molar-refractivity contribution in [2.75, 3.05) is 39.0 Å². The maximum Gasteiger partial charge on any atom is 0.244 e. The summed E-state index contributed by atoms with van der Waals surface area (Å²) in [5.74, 6) is 1.75. The number of nitrogens with two attached hydrogens (primary N) is 1. The molecule has 0 bridgehead atoms. The molecule has 5 rings (SSSR count). The van der Waals surface area contributed by atoms with Crippen molar-refractivity contribution in [1.29, 1.82) is 0 Å². The van der Waals surface area contributed by atoms with Gasteiger partial charge in [0.2, 0.25) is 5.91 Å². The zero-order chi connectivity index (χ0) is 26.5. The number of nitrogen functional groups attached to an aromatic ring is 1. The number of benzene rings is 1. The number of nitrogens with zero attached hydrogens (tertiary/aromatic N) is 4. The SMILES string of the molecule is COc1cc(-c2ncc(C(O)N3CCNCC3)cn2)cc2cc(CNC(=O)/C=C/c3ccc(N)nc3)oc12. The minimum absolute atomic E-state index is 0.200. The molecule has 0 aliphatic carbocycles. The molecule has 1 aromatic carbocycles. The molecule has 0 radical (unpaired) electrons. The van der Waals surface area contributed by atoms with Gasteiger partial charge in [0.15, 0.2) is 17.2 Å². The van der Waals surface area contributed by atoms with Crippen molar-refractivity contribution in [3.05, 3.63) is 71.9 Å². The highest BCUT2D eigenvalue weighted by Crippen LogP contribution is 2.33. The first kappa shape index (κ1) is 25.3. The predicted octanol–water partition coefficient (Wildman–Crippen LogP) is 2.10. The number of ether oxygens (including phenoxy) is 1. The molecule has 1 atom stereocenters. The second-order valence-corrected chi connectivity index (χ2v) is 8.88. The van der Waals surface area contributed by atoms with Gasteiger partial charge in [-0.15, -0.1) is 0 Å². The number of aliphatic hydroxyl groups excluding tert-OH is 1. The number of hydrogen-bond donors (Lipinski definition) is 4. The Morgan fingerprint density at radius 3 is 2.71 bits per heavy atom. The first-order chi connectivity index (χ1) is 18.5. The molecule has 1 aliphatic rings. The van der Waals surface area contributed by atoms with Crippen LogP contribution in [0.25, 0.3) is 28.4 Å². The van der Waals surface area contributed by atoms with Crippen LogP contribution in [0.4, 0.5) is 5.82 Å². The number of carbonyl (C=O) groups is 1. The summed E-state index contributed by atoms with van der Waals surface area (Å²) in [5.41, 5.74) is 8.30.